The molecule has 1 aromatic rings. The number of oxime groups is 1. The van der Waals surface area contributed by atoms with Crippen LogP contribution in [0.4, 0.5) is 9.18 Å². The number of amides is 1. The van der Waals surface area contributed by atoms with Crippen LogP contribution in [0.15, 0.2) is 23.4 Å². The lowest BCUT2D eigenvalue weighted by molar-refractivity contribution is 0.194. The highest BCUT2D eigenvalue weighted by atomic mass is 19.1. The van der Waals surface area contributed by atoms with Gasteiger partial charge < -0.3 is 15.6 Å². The van der Waals surface area contributed by atoms with Crippen molar-refractivity contribution in [2.45, 2.75) is 6.54 Å². The number of nitrogens with one attached hydrogen (secondary N) is 1. The Hall–Kier alpha value is -2.11. The summed E-state index contributed by atoms with van der Waals surface area (Å²) in [5.41, 5.74) is 0.677. The fourth-order valence-corrected chi connectivity index (χ4v) is 1.05. The summed E-state index contributed by atoms with van der Waals surface area (Å²) in [6, 6.07) is 3.99. The van der Waals surface area contributed by atoms with Gasteiger partial charge in [-0.05, 0) is 17.7 Å². The molecular weight excluding hydrogens is 203 g/mol. The molecule has 6 heteroatoms. The van der Waals surface area contributed by atoms with Crippen molar-refractivity contribution in [1.29, 1.82) is 0 Å². The van der Waals surface area contributed by atoms with Crippen LogP contribution in [0, 0.1) is 5.82 Å². The Balaban J connectivity index is 2.85. The van der Waals surface area contributed by atoms with Gasteiger partial charge in [0.1, 0.15) is 5.82 Å². The summed E-state index contributed by atoms with van der Waals surface area (Å²) in [7, 11) is 0. The lowest BCUT2D eigenvalue weighted by Gasteiger charge is -2.03. The lowest BCUT2D eigenvalue weighted by Crippen LogP contribution is -2.20. The Bertz CT molecular complexity index is 393. The van der Waals surface area contributed by atoms with Crippen LogP contribution < -0.4 is 5.32 Å². The van der Waals surface area contributed by atoms with Crippen LogP contribution in [0.3, 0.4) is 0 Å². The van der Waals surface area contributed by atoms with Gasteiger partial charge in [-0.25, -0.2) is 9.18 Å². The Kier molecular flexibility index (Phi) is 3.61. The molecule has 1 aromatic carbocycles. The van der Waals surface area contributed by atoms with E-state index in [9.17, 15) is 9.18 Å². The molecule has 1 amide bonds. The number of carbonyl (C=O) groups is 1. The molecule has 0 aromatic heterocycles. The molecule has 0 spiro atoms. The highest BCUT2D eigenvalue weighted by molar-refractivity contribution is 5.79. The van der Waals surface area contributed by atoms with E-state index in [-0.39, 0.29) is 12.1 Å². The summed E-state index contributed by atoms with van der Waals surface area (Å²) in [5.74, 6) is -0.515. The van der Waals surface area contributed by atoms with E-state index in [2.05, 4.69) is 5.16 Å². The molecule has 0 saturated carbocycles. The number of hydrogen-bond donors (Lipinski definition) is 3. The second-order valence-corrected chi connectivity index (χ2v) is 2.75. The van der Waals surface area contributed by atoms with Crippen LogP contribution in [0.5, 0.6) is 0 Å². The van der Waals surface area contributed by atoms with Crippen molar-refractivity contribution < 1.29 is 19.5 Å². The average molecular weight is 212 g/mol. The predicted molar refractivity (Wildman–Crippen MR) is 50.6 cm³/mol. The van der Waals surface area contributed by atoms with E-state index in [1.54, 1.807) is 0 Å². The third-order valence-corrected chi connectivity index (χ3v) is 1.71. The van der Waals surface area contributed by atoms with Gasteiger partial charge in [0.25, 0.3) is 0 Å². The third-order valence-electron chi connectivity index (χ3n) is 1.71. The number of carboxylic acid groups (broad SMARTS) is 1. The Morgan fingerprint density at radius 3 is 2.93 bits per heavy atom. The summed E-state index contributed by atoms with van der Waals surface area (Å²) in [4.78, 5) is 10.2. The maximum atomic E-state index is 13.1. The first-order chi connectivity index (χ1) is 7.13. The molecule has 15 heavy (non-hydrogen) atoms. The Labute approximate surface area is 84.8 Å². The minimum Gasteiger partial charge on any atom is -0.465 e. The molecule has 0 atom stereocenters. The molecule has 5 nitrogen and oxygen atoms in total. The van der Waals surface area contributed by atoms with Crippen molar-refractivity contribution in [2.24, 2.45) is 5.16 Å². The monoisotopic (exact) mass is 212 g/mol. The minimum absolute atomic E-state index is 0.131. The number of hydrogen-bond acceptors (Lipinski definition) is 3. The van der Waals surface area contributed by atoms with Gasteiger partial charge in [0.15, 0.2) is 0 Å². The zero-order chi connectivity index (χ0) is 11.3. The molecule has 0 aliphatic heterocycles. The molecule has 0 fully saturated rings. The molecule has 1 rings (SSSR count). The smallest absolute Gasteiger partial charge is 0.404 e. The van der Waals surface area contributed by atoms with Gasteiger partial charge in [0.05, 0.1) is 6.21 Å². The molecule has 0 radical (unpaired) electrons. The quantitative estimate of drug-likeness (QED) is 0.402. The molecule has 80 valence electrons. The van der Waals surface area contributed by atoms with Crippen LogP contribution in [0.25, 0.3) is 0 Å². The zero-order valence-corrected chi connectivity index (χ0v) is 7.64. The highest BCUT2D eigenvalue weighted by Gasteiger charge is 2.04. The molecule has 0 heterocycles. The first-order valence-corrected chi connectivity index (χ1v) is 4.06. The van der Waals surface area contributed by atoms with Crippen molar-refractivity contribution in [2.75, 3.05) is 0 Å². The first kappa shape index (κ1) is 11.0. The van der Waals surface area contributed by atoms with Crippen molar-refractivity contribution in [3.8, 4) is 0 Å². The summed E-state index contributed by atoms with van der Waals surface area (Å²) < 4.78 is 13.1. The van der Waals surface area contributed by atoms with Gasteiger partial charge in [-0.15, -0.1) is 0 Å². The maximum Gasteiger partial charge on any atom is 0.404 e. The minimum atomic E-state index is -1.23. The number of benzene rings is 1. The van der Waals surface area contributed by atoms with Crippen LogP contribution >= 0.6 is 0 Å². The fourth-order valence-electron chi connectivity index (χ4n) is 1.05. The van der Waals surface area contributed by atoms with E-state index in [0.29, 0.717) is 5.56 Å². The summed E-state index contributed by atoms with van der Waals surface area (Å²) in [6.07, 6.45) is -0.0976. The fraction of sp³-hybridized carbons (Fsp3) is 0.111. The van der Waals surface area contributed by atoms with Crippen molar-refractivity contribution in [1.82, 2.24) is 5.32 Å². The van der Waals surface area contributed by atoms with Crippen LogP contribution in [-0.4, -0.2) is 22.6 Å². The topological polar surface area (TPSA) is 81.9 Å². The SMILES string of the molecule is O=C(O)NCc1cc(/C=N\O)ccc1F. The van der Waals surface area contributed by atoms with Crippen LogP contribution in [-0.2, 0) is 6.54 Å². The van der Waals surface area contributed by atoms with Crippen molar-refractivity contribution in [3.63, 3.8) is 0 Å². The van der Waals surface area contributed by atoms with Gasteiger partial charge >= 0.3 is 6.09 Å². The van der Waals surface area contributed by atoms with Crippen molar-refractivity contribution >= 4 is 12.3 Å². The number of rotatable bonds is 3. The van der Waals surface area contributed by atoms with Gasteiger partial charge in [-0.1, -0.05) is 11.2 Å². The zero-order valence-electron chi connectivity index (χ0n) is 7.64. The first-order valence-electron chi connectivity index (χ1n) is 4.06. The second-order valence-electron chi connectivity index (χ2n) is 2.75. The van der Waals surface area contributed by atoms with E-state index < -0.39 is 11.9 Å². The predicted octanol–water partition coefficient (Wildman–Crippen LogP) is 1.40. The number of halogens is 1. The van der Waals surface area contributed by atoms with E-state index in [1.165, 1.54) is 18.2 Å². The highest BCUT2D eigenvalue weighted by Crippen LogP contribution is 2.09. The molecule has 0 bridgehead atoms. The van der Waals surface area contributed by atoms with Crippen LogP contribution in [0.2, 0.25) is 0 Å². The average Bonchev–Trinajstić information content (AvgIpc) is 2.19. The molecule has 0 saturated heterocycles. The van der Waals surface area contributed by atoms with Gasteiger partial charge in [0.2, 0.25) is 0 Å². The third kappa shape index (κ3) is 3.26. The van der Waals surface area contributed by atoms with E-state index >= 15 is 0 Å². The molecule has 0 aliphatic rings. The number of nitrogens with zero attached hydrogens (tertiary/aromatic N) is 1. The van der Waals surface area contributed by atoms with E-state index in [1.807, 2.05) is 5.32 Å². The van der Waals surface area contributed by atoms with E-state index in [4.69, 9.17) is 10.3 Å². The van der Waals surface area contributed by atoms with Gasteiger partial charge in [0, 0.05) is 12.1 Å². The summed E-state index contributed by atoms with van der Waals surface area (Å²) >= 11 is 0. The largest absolute Gasteiger partial charge is 0.465 e. The molecule has 0 unspecified atom stereocenters. The standard InChI is InChI=1S/C9H9FN2O3/c10-8-2-1-6(4-12-15)3-7(8)5-11-9(13)14/h1-4,11,15H,5H2,(H,13,14)/b12-4-. The van der Waals surface area contributed by atoms with E-state index in [0.717, 1.165) is 6.21 Å². The Morgan fingerprint density at radius 1 is 1.60 bits per heavy atom. The lowest BCUT2D eigenvalue weighted by atomic mass is 10.1. The second kappa shape index (κ2) is 4.94. The maximum absolute atomic E-state index is 13.1. The Morgan fingerprint density at radius 2 is 2.33 bits per heavy atom. The normalized spacial score (nSPS) is 10.5. The van der Waals surface area contributed by atoms with Gasteiger partial charge in [-0.3, -0.25) is 0 Å². The van der Waals surface area contributed by atoms with Gasteiger partial charge in [-0.2, -0.15) is 0 Å². The molecule has 3 N–H and O–H groups in total. The molecular formula is C9H9FN2O3. The summed E-state index contributed by atoms with van der Waals surface area (Å²) in [6.45, 7) is -0.131. The summed E-state index contributed by atoms with van der Waals surface area (Å²) in [5, 5.41) is 21.4. The van der Waals surface area contributed by atoms with Crippen LogP contribution in [0.1, 0.15) is 11.1 Å². The molecule has 0 aliphatic carbocycles. The van der Waals surface area contributed by atoms with Crippen molar-refractivity contribution in [3.05, 3.63) is 35.1 Å².